The number of hydrogen-bond donors (Lipinski definition) is 2. The van der Waals surface area contributed by atoms with Crippen molar-refractivity contribution in [2.75, 3.05) is 5.32 Å². The molecule has 0 saturated carbocycles. The van der Waals surface area contributed by atoms with Gasteiger partial charge in [-0.05, 0) is 49.9 Å². The van der Waals surface area contributed by atoms with Crippen LogP contribution in [0.5, 0.6) is 0 Å². The first-order chi connectivity index (χ1) is 9.65. The number of anilines is 2. The van der Waals surface area contributed by atoms with E-state index in [4.69, 9.17) is 5.11 Å². The van der Waals surface area contributed by atoms with E-state index in [1.54, 1.807) is 25.4 Å². The van der Waals surface area contributed by atoms with Gasteiger partial charge in [0, 0.05) is 16.9 Å². The molecular weight excluding hydrogens is 254 g/mol. The van der Waals surface area contributed by atoms with E-state index in [1.807, 2.05) is 6.07 Å². The average Bonchev–Trinajstić information content (AvgIpc) is 2.87. The van der Waals surface area contributed by atoms with Crippen LogP contribution in [-0.4, -0.2) is 21.0 Å². The van der Waals surface area contributed by atoms with Crippen LogP contribution in [0.15, 0.2) is 24.5 Å². The fourth-order valence-electron chi connectivity index (χ4n) is 2.59. The molecule has 5 nitrogen and oxygen atoms in total. The van der Waals surface area contributed by atoms with Gasteiger partial charge in [-0.3, -0.25) is 0 Å². The van der Waals surface area contributed by atoms with Crippen molar-refractivity contribution in [3.05, 3.63) is 46.9 Å². The molecule has 0 amide bonds. The van der Waals surface area contributed by atoms with Gasteiger partial charge in [0.25, 0.3) is 0 Å². The van der Waals surface area contributed by atoms with Gasteiger partial charge in [0.15, 0.2) is 0 Å². The van der Waals surface area contributed by atoms with Crippen molar-refractivity contribution in [2.24, 2.45) is 0 Å². The largest absolute Gasteiger partial charge is 0.478 e. The number of aryl methyl sites for hydroxylation is 2. The second kappa shape index (κ2) is 4.92. The van der Waals surface area contributed by atoms with E-state index in [0.29, 0.717) is 5.56 Å². The molecule has 0 atom stereocenters. The molecule has 0 fully saturated rings. The molecule has 1 aliphatic carbocycles. The molecule has 1 aromatic heterocycles. The van der Waals surface area contributed by atoms with E-state index in [9.17, 15) is 4.79 Å². The summed E-state index contributed by atoms with van der Waals surface area (Å²) >= 11 is 0. The van der Waals surface area contributed by atoms with Gasteiger partial charge in [-0.2, -0.15) is 0 Å². The van der Waals surface area contributed by atoms with Crippen LogP contribution in [0.25, 0.3) is 0 Å². The summed E-state index contributed by atoms with van der Waals surface area (Å²) in [5, 5.41) is 12.3. The number of hydrogen-bond acceptors (Lipinski definition) is 4. The Hall–Kier alpha value is -2.43. The van der Waals surface area contributed by atoms with E-state index in [0.717, 1.165) is 42.0 Å². The van der Waals surface area contributed by atoms with Crippen LogP contribution < -0.4 is 5.32 Å². The second-order valence-electron chi connectivity index (χ2n) is 4.96. The number of nitrogens with zero attached hydrogens (tertiary/aromatic N) is 2. The zero-order chi connectivity index (χ0) is 14.1. The summed E-state index contributed by atoms with van der Waals surface area (Å²) in [6.45, 7) is 1.79. The minimum atomic E-state index is -0.906. The first kappa shape index (κ1) is 12.6. The topological polar surface area (TPSA) is 75.1 Å². The van der Waals surface area contributed by atoms with Gasteiger partial charge in [-0.25, -0.2) is 14.8 Å². The van der Waals surface area contributed by atoms with E-state index in [2.05, 4.69) is 15.3 Å². The minimum absolute atomic E-state index is 0.323. The monoisotopic (exact) mass is 269 g/mol. The lowest BCUT2D eigenvalue weighted by molar-refractivity contribution is 0.0696. The number of carboxylic acids is 1. The molecule has 3 rings (SSSR count). The Bertz CT molecular complexity index is 683. The maximum atomic E-state index is 11.0. The molecule has 20 heavy (non-hydrogen) atoms. The molecule has 2 aromatic rings. The molecule has 0 aliphatic heterocycles. The third-order valence-electron chi connectivity index (χ3n) is 3.59. The summed E-state index contributed by atoms with van der Waals surface area (Å²) in [6.07, 6.45) is 4.68. The van der Waals surface area contributed by atoms with Crippen molar-refractivity contribution < 1.29 is 9.90 Å². The fourth-order valence-corrected chi connectivity index (χ4v) is 2.59. The van der Waals surface area contributed by atoms with Crippen LogP contribution in [0.2, 0.25) is 0 Å². The summed E-state index contributed by atoms with van der Waals surface area (Å²) in [5.74, 6) is -0.0769. The molecule has 102 valence electrons. The summed E-state index contributed by atoms with van der Waals surface area (Å²) in [4.78, 5) is 19.6. The highest BCUT2D eigenvalue weighted by molar-refractivity contribution is 5.90. The van der Waals surface area contributed by atoms with Crippen LogP contribution in [0.1, 0.15) is 33.6 Å². The van der Waals surface area contributed by atoms with Crippen molar-refractivity contribution >= 4 is 17.5 Å². The van der Waals surface area contributed by atoms with Gasteiger partial charge in [-0.1, -0.05) is 0 Å². The molecular formula is C15H15N3O2. The number of carboxylic acid groups (broad SMARTS) is 1. The summed E-state index contributed by atoms with van der Waals surface area (Å²) < 4.78 is 0. The van der Waals surface area contributed by atoms with Gasteiger partial charge in [0.1, 0.15) is 12.1 Å². The van der Waals surface area contributed by atoms with E-state index < -0.39 is 5.97 Å². The average molecular weight is 269 g/mol. The maximum absolute atomic E-state index is 11.0. The van der Waals surface area contributed by atoms with Gasteiger partial charge in [0.2, 0.25) is 0 Å². The molecule has 2 N–H and O–H groups in total. The Morgan fingerprint density at radius 1 is 1.30 bits per heavy atom. The minimum Gasteiger partial charge on any atom is -0.478 e. The highest BCUT2D eigenvalue weighted by atomic mass is 16.4. The predicted molar refractivity (Wildman–Crippen MR) is 75.5 cm³/mol. The summed E-state index contributed by atoms with van der Waals surface area (Å²) in [5.41, 5.74) is 4.19. The van der Waals surface area contributed by atoms with Crippen molar-refractivity contribution in [2.45, 2.75) is 26.2 Å². The lowest BCUT2D eigenvalue weighted by Crippen LogP contribution is -2.03. The summed E-state index contributed by atoms with van der Waals surface area (Å²) in [6, 6.07) is 5.20. The fraction of sp³-hybridized carbons (Fsp3) is 0.267. The molecule has 1 heterocycles. The number of rotatable bonds is 3. The quantitative estimate of drug-likeness (QED) is 0.896. The molecule has 0 bridgehead atoms. The van der Waals surface area contributed by atoms with Gasteiger partial charge < -0.3 is 10.4 Å². The zero-order valence-electron chi connectivity index (χ0n) is 11.2. The Kier molecular flexibility index (Phi) is 3.10. The SMILES string of the molecule is Cc1cc(Nc2ncnc3c2CCC3)ccc1C(=O)O. The first-order valence-corrected chi connectivity index (χ1v) is 6.59. The number of aromatic carboxylic acids is 1. The molecule has 0 radical (unpaired) electrons. The summed E-state index contributed by atoms with van der Waals surface area (Å²) in [7, 11) is 0. The smallest absolute Gasteiger partial charge is 0.335 e. The van der Waals surface area contributed by atoms with Gasteiger partial charge in [0.05, 0.1) is 5.56 Å². The highest BCUT2D eigenvalue weighted by Gasteiger charge is 2.17. The maximum Gasteiger partial charge on any atom is 0.335 e. The molecule has 0 saturated heterocycles. The first-order valence-electron chi connectivity index (χ1n) is 6.59. The Labute approximate surface area is 116 Å². The zero-order valence-corrected chi connectivity index (χ0v) is 11.2. The lowest BCUT2D eigenvalue weighted by atomic mass is 10.1. The lowest BCUT2D eigenvalue weighted by Gasteiger charge is -2.11. The molecule has 5 heteroatoms. The van der Waals surface area contributed by atoms with Crippen molar-refractivity contribution in [3.8, 4) is 0 Å². The predicted octanol–water partition coefficient (Wildman–Crippen LogP) is 2.72. The molecule has 0 unspecified atom stereocenters. The van der Waals surface area contributed by atoms with Crippen LogP contribution in [0.3, 0.4) is 0 Å². The van der Waals surface area contributed by atoms with Gasteiger partial charge in [-0.15, -0.1) is 0 Å². The Balaban J connectivity index is 1.91. The second-order valence-corrected chi connectivity index (χ2v) is 4.96. The van der Waals surface area contributed by atoms with Gasteiger partial charge >= 0.3 is 5.97 Å². The Morgan fingerprint density at radius 3 is 2.90 bits per heavy atom. The number of benzene rings is 1. The van der Waals surface area contributed by atoms with Crippen LogP contribution >= 0.6 is 0 Å². The van der Waals surface area contributed by atoms with Crippen molar-refractivity contribution in [3.63, 3.8) is 0 Å². The number of carbonyl (C=O) groups is 1. The normalized spacial score (nSPS) is 13.1. The van der Waals surface area contributed by atoms with E-state index in [1.165, 1.54) is 5.56 Å². The molecule has 0 spiro atoms. The van der Waals surface area contributed by atoms with E-state index in [-0.39, 0.29) is 0 Å². The number of fused-ring (bicyclic) bond motifs is 1. The third-order valence-corrected chi connectivity index (χ3v) is 3.59. The molecule has 1 aliphatic rings. The Morgan fingerprint density at radius 2 is 2.15 bits per heavy atom. The standard InChI is InChI=1S/C15H15N3O2/c1-9-7-10(5-6-11(9)15(19)20)18-14-12-3-2-4-13(12)16-8-17-14/h5-8H,2-4H2,1H3,(H,19,20)(H,16,17,18). The number of aromatic nitrogens is 2. The third kappa shape index (κ3) is 2.22. The number of nitrogens with one attached hydrogen (secondary N) is 1. The van der Waals surface area contributed by atoms with E-state index >= 15 is 0 Å². The van der Waals surface area contributed by atoms with Crippen LogP contribution in [-0.2, 0) is 12.8 Å². The molecule has 1 aromatic carbocycles. The van der Waals surface area contributed by atoms with Crippen LogP contribution in [0, 0.1) is 6.92 Å². The van der Waals surface area contributed by atoms with Crippen molar-refractivity contribution in [1.82, 2.24) is 9.97 Å². The van der Waals surface area contributed by atoms with Crippen molar-refractivity contribution in [1.29, 1.82) is 0 Å². The van der Waals surface area contributed by atoms with Crippen LogP contribution in [0.4, 0.5) is 11.5 Å². The highest BCUT2D eigenvalue weighted by Crippen LogP contribution is 2.28.